The molecule has 1 unspecified atom stereocenters. The average Bonchev–Trinajstić information content (AvgIpc) is 3.18. The second kappa shape index (κ2) is 8.37. The van der Waals surface area contributed by atoms with Gasteiger partial charge >= 0.3 is 5.97 Å². The molecule has 170 valence electrons. The van der Waals surface area contributed by atoms with Crippen LogP contribution in [0.15, 0.2) is 30.3 Å². The molecule has 32 heavy (non-hydrogen) atoms. The van der Waals surface area contributed by atoms with Gasteiger partial charge in [0.2, 0.25) is 0 Å². The zero-order valence-electron chi connectivity index (χ0n) is 18.6. The molecule has 3 aromatic rings. The number of methoxy groups -OCH3 is 4. The first-order valence-corrected chi connectivity index (χ1v) is 10.4. The Kier molecular flexibility index (Phi) is 5.75. The van der Waals surface area contributed by atoms with Crippen LogP contribution in [0.5, 0.6) is 23.0 Å². The number of likely N-dealkylation sites (tertiary alicyclic amines) is 1. The first-order chi connectivity index (χ1) is 15.3. The number of benzene rings is 3. The summed E-state index contributed by atoms with van der Waals surface area (Å²) in [7, 11) is 6.27. The van der Waals surface area contributed by atoms with E-state index in [0.717, 1.165) is 27.1 Å². The lowest BCUT2D eigenvalue weighted by atomic mass is 9.95. The molecule has 0 aromatic heterocycles. The molecule has 4 rings (SSSR count). The number of hydroxylamine groups is 3. The smallest absolute Gasteiger partial charge is 0.362 e. The van der Waals surface area contributed by atoms with Gasteiger partial charge in [-0.1, -0.05) is 0 Å². The van der Waals surface area contributed by atoms with Crippen molar-refractivity contribution >= 4 is 27.5 Å². The van der Waals surface area contributed by atoms with Crippen LogP contribution in [0.1, 0.15) is 18.4 Å². The van der Waals surface area contributed by atoms with Crippen molar-refractivity contribution in [2.45, 2.75) is 25.4 Å². The molecule has 3 aromatic carbocycles. The second-order valence-electron chi connectivity index (χ2n) is 8.05. The fourth-order valence-electron chi connectivity index (χ4n) is 4.76. The highest BCUT2D eigenvalue weighted by molar-refractivity contribution is 6.11. The number of quaternary nitrogens is 1. The molecule has 1 N–H and O–H groups in total. The van der Waals surface area contributed by atoms with Crippen molar-refractivity contribution in [3.63, 3.8) is 0 Å². The molecular weight excluding hydrogens is 414 g/mol. The Morgan fingerprint density at radius 2 is 1.44 bits per heavy atom. The van der Waals surface area contributed by atoms with Crippen molar-refractivity contribution in [2.24, 2.45) is 0 Å². The molecule has 1 fully saturated rings. The predicted molar refractivity (Wildman–Crippen MR) is 121 cm³/mol. The topological polar surface area (TPSA) is 97.3 Å². The van der Waals surface area contributed by atoms with Crippen LogP contribution in [0, 0.1) is 5.21 Å². The van der Waals surface area contributed by atoms with Gasteiger partial charge in [-0.2, -0.15) is 0 Å². The van der Waals surface area contributed by atoms with E-state index >= 15 is 0 Å². The largest absolute Gasteiger partial charge is 0.632 e. The number of carbonyl (C=O) groups is 1. The number of aliphatic carboxylic acids is 1. The average molecular weight is 441 g/mol. The lowest BCUT2D eigenvalue weighted by molar-refractivity contribution is -0.897. The van der Waals surface area contributed by atoms with Gasteiger partial charge in [-0.15, -0.1) is 0 Å². The van der Waals surface area contributed by atoms with E-state index in [2.05, 4.69) is 0 Å². The zero-order valence-corrected chi connectivity index (χ0v) is 18.6. The summed E-state index contributed by atoms with van der Waals surface area (Å²) in [6, 6.07) is 8.44. The van der Waals surface area contributed by atoms with Gasteiger partial charge in [0.15, 0.2) is 29.0 Å². The predicted octanol–water partition coefficient (Wildman–Crippen LogP) is 4.09. The summed E-state index contributed by atoms with van der Waals surface area (Å²) < 4.78 is 21.2. The maximum atomic E-state index is 13.6. The van der Waals surface area contributed by atoms with Crippen LogP contribution in [0.25, 0.3) is 21.5 Å². The lowest BCUT2D eigenvalue weighted by Crippen LogP contribution is -2.49. The van der Waals surface area contributed by atoms with Gasteiger partial charge in [-0.05, 0) is 51.9 Å². The Morgan fingerprint density at radius 1 is 0.906 bits per heavy atom. The molecule has 1 heterocycles. The second-order valence-corrected chi connectivity index (χ2v) is 8.05. The summed E-state index contributed by atoms with van der Waals surface area (Å²) in [6.07, 6.45) is 0.973. The van der Waals surface area contributed by atoms with Crippen LogP contribution in [-0.4, -0.2) is 56.7 Å². The monoisotopic (exact) mass is 441 g/mol. The minimum Gasteiger partial charge on any atom is -0.632 e. The number of carboxylic acid groups (broad SMARTS) is 1. The Labute approximate surface area is 186 Å². The van der Waals surface area contributed by atoms with E-state index in [1.54, 1.807) is 28.4 Å². The summed E-state index contributed by atoms with van der Waals surface area (Å²) in [4.78, 5) is 11.7. The molecule has 0 radical (unpaired) electrons. The van der Waals surface area contributed by atoms with Crippen LogP contribution in [0.3, 0.4) is 0 Å². The zero-order chi connectivity index (χ0) is 23.0. The number of carboxylic acids is 1. The number of nitrogens with zero attached hydrogens (tertiary/aromatic N) is 1. The third-order valence-corrected chi connectivity index (χ3v) is 6.35. The molecule has 8 nitrogen and oxygen atoms in total. The van der Waals surface area contributed by atoms with Gasteiger partial charge in [0.25, 0.3) is 0 Å². The van der Waals surface area contributed by atoms with E-state index in [1.807, 2.05) is 30.3 Å². The van der Waals surface area contributed by atoms with Crippen molar-refractivity contribution in [3.05, 3.63) is 41.1 Å². The Balaban J connectivity index is 2.01. The molecule has 1 saturated heterocycles. The maximum Gasteiger partial charge on any atom is 0.362 e. The quantitative estimate of drug-likeness (QED) is 0.335. The van der Waals surface area contributed by atoms with E-state index in [-0.39, 0.29) is 13.1 Å². The molecule has 2 atom stereocenters. The summed E-state index contributed by atoms with van der Waals surface area (Å²) >= 11 is 0. The van der Waals surface area contributed by atoms with E-state index in [1.165, 1.54) is 0 Å². The molecular formula is C24H27NO7. The lowest BCUT2D eigenvalue weighted by Gasteiger charge is -2.42. The van der Waals surface area contributed by atoms with E-state index in [0.29, 0.717) is 35.8 Å². The number of ether oxygens (including phenoxy) is 4. The molecule has 1 aliphatic heterocycles. The Morgan fingerprint density at radius 3 is 2.00 bits per heavy atom. The SMILES string of the molecule is COc1cc2cc(C[N+]3([O-])CCC[C@H]3C(=O)O)c3cc(OC)c(OC)cc3c2cc1OC. The standard InChI is InChI=1S/C24H27NO7/c1-29-20-9-14-8-15(13-25(28)7-5-6-19(25)24(26)27)17-11-22(31-3)23(32-4)12-18(17)16(14)10-21(20)30-2/h8-12,19H,5-7,13H2,1-4H3,(H,26,27)/t19-,25?/m0/s1. The summed E-state index contributed by atoms with van der Waals surface area (Å²) in [5, 5.41) is 26.6. The fourth-order valence-corrected chi connectivity index (χ4v) is 4.76. The van der Waals surface area contributed by atoms with Crippen LogP contribution in [0.4, 0.5) is 0 Å². The molecule has 0 bridgehead atoms. The molecule has 0 aliphatic carbocycles. The summed E-state index contributed by atoms with van der Waals surface area (Å²) in [5.74, 6) is 1.20. The van der Waals surface area contributed by atoms with E-state index in [9.17, 15) is 15.1 Å². The van der Waals surface area contributed by atoms with Gasteiger partial charge in [0.1, 0.15) is 6.54 Å². The van der Waals surface area contributed by atoms with Crippen LogP contribution in [0.2, 0.25) is 0 Å². The van der Waals surface area contributed by atoms with Crippen LogP contribution in [-0.2, 0) is 11.3 Å². The van der Waals surface area contributed by atoms with Crippen molar-refractivity contribution in [3.8, 4) is 23.0 Å². The molecule has 8 heteroatoms. The van der Waals surface area contributed by atoms with E-state index in [4.69, 9.17) is 18.9 Å². The van der Waals surface area contributed by atoms with Gasteiger partial charge in [-0.3, -0.25) is 0 Å². The Bertz CT molecular complexity index is 1190. The summed E-state index contributed by atoms with van der Waals surface area (Å²) in [5.41, 5.74) is 0.754. The van der Waals surface area contributed by atoms with Crippen LogP contribution < -0.4 is 18.9 Å². The third-order valence-electron chi connectivity index (χ3n) is 6.35. The van der Waals surface area contributed by atoms with E-state index < -0.39 is 16.7 Å². The molecule has 0 amide bonds. The van der Waals surface area contributed by atoms with Crippen molar-refractivity contribution in [2.75, 3.05) is 35.0 Å². The highest BCUT2D eigenvalue weighted by Gasteiger charge is 2.40. The highest BCUT2D eigenvalue weighted by Crippen LogP contribution is 2.42. The molecule has 1 aliphatic rings. The van der Waals surface area contributed by atoms with Crippen molar-refractivity contribution < 1.29 is 33.5 Å². The first-order valence-electron chi connectivity index (χ1n) is 10.4. The normalized spacial score (nSPS) is 20.5. The number of hydrogen-bond donors (Lipinski definition) is 1. The number of rotatable bonds is 7. The minimum atomic E-state index is -1.05. The first kappa shape index (κ1) is 22.0. The Hall–Kier alpha value is -3.23. The van der Waals surface area contributed by atoms with Gasteiger partial charge in [0.05, 0.1) is 35.0 Å². The van der Waals surface area contributed by atoms with Gasteiger partial charge in [0, 0.05) is 18.4 Å². The maximum absolute atomic E-state index is 13.6. The van der Waals surface area contributed by atoms with Crippen molar-refractivity contribution in [1.29, 1.82) is 0 Å². The molecule has 0 spiro atoms. The minimum absolute atomic E-state index is 0.0488. The number of fused-ring (bicyclic) bond motifs is 3. The number of hydrogen-bond acceptors (Lipinski definition) is 6. The van der Waals surface area contributed by atoms with Crippen molar-refractivity contribution in [1.82, 2.24) is 0 Å². The van der Waals surface area contributed by atoms with Gasteiger partial charge in [-0.25, -0.2) is 4.79 Å². The fraction of sp³-hybridized carbons (Fsp3) is 0.375. The molecule has 0 saturated carbocycles. The van der Waals surface area contributed by atoms with Gasteiger partial charge < -0.3 is 33.9 Å². The van der Waals surface area contributed by atoms with Crippen LogP contribution >= 0.6 is 0 Å². The third kappa shape index (κ3) is 3.55. The highest BCUT2D eigenvalue weighted by atomic mass is 16.6. The summed E-state index contributed by atoms with van der Waals surface area (Å²) in [6.45, 7) is 0.322.